The molecule has 0 bridgehead atoms. The average Bonchev–Trinajstić information content (AvgIpc) is 2.72. The fourth-order valence-corrected chi connectivity index (χ4v) is 2.27. The minimum Gasteiger partial charge on any atom is -0.435 e. The second kappa shape index (κ2) is 4.98. The third-order valence-corrected chi connectivity index (χ3v) is 3.26. The molecule has 1 atom stereocenters. The van der Waals surface area contributed by atoms with Gasteiger partial charge in [0.1, 0.15) is 0 Å². The number of amides is 1. The highest BCUT2D eigenvalue weighted by molar-refractivity contribution is 5.70. The zero-order valence-corrected chi connectivity index (χ0v) is 10.9. The second-order valence-corrected chi connectivity index (χ2v) is 5.24. The molecule has 4 heteroatoms. The molecule has 1 aliphatic rings. The zero-order chi connectivity index (χ0) is 13.2. The van der Waals surface area contributed by atoms with E-state index in [4.69, 9.17) is 10.5 Å². The number of hydrogen-bond acceptors (Lipinski definition) is 3. The number of carbonyl (C=O) groups is 1. The molecule has 4 nitrogen and oxygen atoms in total. The first kappa shape index (κ1) is 12.9. The summed E-state index contributed by atoms with van der Waals surface area (Å²) in [6.07, 6.45) is 0.653. The van der Waals surface area contributed by atoms with Crippen molar-refractivity contribution in [1.82, 2.24) is 5.32 Å². The highest BCUT2D eigenvalue weighted by atomic mass is 16.6. The molecule has 1 aromatic carbocycles. The number of carbonyl (C=O) groups excluding carboxylic acids is 1. The average molecular weight is 248 g/mol. The first-order valence-corrected chi connectivity index (χ1v) is 6.32. The van der Waals surface area contributed by atoms with E-state index in [1.54, 1.807) is 0 Å². The van der Waals surface area contributed by atoms with Crippen LogP contribution in [0.4, 0.5) is 4.79 Å². The summed E-state index contributed by atoms with van der Waals surface area (Å²) in [5.41, 5.74) is 7.31. The summed E-state index contributed by atoms with van der Waals surface area (Å²) in [6, 6.07) is 8.17. The van der Waals surface area contributed by atoms with Gasteiger partial charge in [-0.25, -0.2) is 4.79 Å². The number of nitrogens with two attached hydrogens (primary N) is 1. The van der Waals surface area contributed by atoms with Gasteiger partial charge in [0, 0.05) is 6.54 Å². The highest BCUT2D eigenvalue weighted by Crippen LogP contribution is 2.28. The number of alkyl carbamates (subject to hydrolysis) is 1. The number of ether oxygens (including phenoxy) is 1. The van der Waals surface area contributed by atoms with E-state index in [-0.39, 0.29) is 6.54 Å². The number of benzene rings is 1. The van der Waals surface area contributed by atoms with Gasteiger partial charge in [-0.15, -0.1) is 0 Å². The zero-order valence-electron chi connectivity index (χ0n) is 10.9. The van der Waals surface area contributed by atoms with Crippen molar-refractivity contribution in [2.24, 2.45) is 11.7 Å². The molecule has 2 rings (SSSR count). The Bertz CT molecular complexity index is 428. The summed E-state index contributed by atoms with van der Waals surface area (Å²) in [5.74, 6) is 0.630. The van der Waals surface area contributed by atoms with E-state index in [1.165, 1.54) is 5.56 Å². The van der Waals surface area contributed by atoms with Gasteiger partial charge in [0.15, 0.2) is 5.60 Å². The van der Waals surface area contributed by atoms with Crippen LogP contribution in [0.2, 0.25) is 0 Å². The predicted molar refractivity (Wildman–Crippen MR) is 70.2 cm³/mol. The number of nitrogens with one attached hydrogen (secondary N) is 1. The lowest BCUT2D eigenvalue weighted by Gasteiger charge is -2.25. The molecule has 1 saturated heterocycles. The normalized spacial score (nSPS) is 23.0. The molecule has 0 radical (unpaired) electrons. The third kappa shape index (κ3) is 2.48. The molecule has 98 valence electrons. The molecule has 1 amide bonds. The monoisotopic (exact) mass is 248 g/mol. The lowest BCUT2D eigenvalue weighted by Crippen LogP contribution is -2.38. The van der Waals surface area contributed by atoms with E-state index in [0.29, 0.717) is 12.5 Å². The molecule has 0 saturated carbocycles. The third-order valence-electron chi connectivity index (χ3n) is 3.26. The molecule has 0 aliphatic carbocycles. The van der Waals surface area contributed by atoms with Crippen LogP contribution in [0.5, 0.6) is 0 Å². The Labute approximate surface area is 108 Å². The van der Waals surface area contributed by atoms with Gasteiger partial charge in [0.25, 0.3) is 0 Å². The molecule has 1 heterocycles. The summed E-state index contributed by atoms with van der Waals surface area (Å²) < 4.78 is 5.33. The lowest BCUT2D eigenvalue weighted by atomic mass is 9.92. The maximum absolute atomic E-state index is 11.2. The van der Waals surface area contributed by atoms with Crippen LogP contribution < -0.4 is 11.1 Å². The Morgan fingerprint density at radius 1 is 1.39 bits per heavy atom. The highest BCUT2D eigenvalue weighted by Gasteiger charge is 2.40. The number of cyclic esters (lactones) is 1. The molecule has 1 aliphatic heterocycles. The van der Waals surface area contributed by atoms with Gasteiger partial charge in [-0.1, -0.05) is 38.1 Å². The fourth-order valence-electron chi connectivity index (χ4n) is 2.27. The molecule has 0 aromatic heterocycles. The SMILES string of the molecule is CC(C)Cc1ccc(C2(CN)CNC(=O)O2)cc1. The van der Waals surface area contributed by atoms with Crippen LogP contribution in [-0.4, -0.2) is 19.2 Å². The molecule has 1 aromatic rings. The molecular formula is C14H20N2O2. The number of rotatable bonds is 4. The van der Waals surface area contributed by atoms with Crippen LogP contribution in [-0.2, 0) is 16.8 Å². The van der Waals surface area contributed by atoms with E-state index >= 15 is 0 Å². The summed E-state index contributed by atoms with van der Waals surface area (Å²) >= 11 is 0. The standard InChI is InChI=1S/C14H20N2O2/c1-10(2)7-11-3-5-12(6-4-11)14(8-15)9-16-13(17)18-14/h3-6,10H,7-9,15H2,1-2H3,(H,16,17). The van der Waals surface area contributed by atoms with Crippen molar-refractivity contribution in [3.63, 3.8) is 0 Å². The topological polar surface area (TPSA) is 64.3 Å². The van der Waals surface area contributed by atoms with Crippen LogP contribution in [0.3, 0.4) is 0 Å². The van der Waals surface area contributed by atoms with Gasteiger partial charge >= 0.3 is 6.09 Å². The van der Waals surface area contributed by atoms with Crippen LogP contribution >= 0.6 is 0 Å². The Balaban J connectivity index is 2.20. The quantitative estimate of drug-likeness (QED) is 0.853. The lowest BCUT2D eigenvalue weighted by molar-refractivity contribution is 0.0617. The Morgan fingerprint density at radius 2 is 2.06 bits per heavy atom. The minimum atomic E-state index is -0.701. The maximum atomic E-state index is 11.2. The maximum Gasteiger partial charge on any atom is 0.408 e. The van der Waals surface area contributed by atoms with E-state index in [2.05, 4.69) is 31.3 Å². The summed E-state index contributed by atoms with van der Waals surface area (Å²) in [5, 5.41) is 2.67. The smallest absolute Gasteiger partial charge is 0.408 e. The Morgan fingerprint density at radius 3 is 2.50 bits per heavy atom. The van der Waals surface area contributed by atoms with Crippen molar-refractivity contribution >= 4 is 6.09 Å². The van der Waals surface area contributed by atoms with E-state index < -0.39 is 11.7 Å². The van der Waals surface area contributed by atoms with Crippen LogP contribution in [0.1, 0.15) is 25.0 Å². The van der Waals surface area contributed by atoms with E-state index in [0.717, 1.165) is 12.0 Å². The first-order chi connectivity index (χ1) is 8.55. The fraction of sp³-hybridized carbons (Fsp3) is 0.500. The van der Waals surface area contributed by atoms with Gasteiger partial charge in [-0.2, -0.15) is 0 Å². The largest absolute Gasteiger partial charge is 0.435 e. The molecule has 1 unspecified atom stereocenters. The molecule has 3 N–H and O–H groups in total. The minimum absolute atomic E-state index is 0.287. The summed E-state index contributed by atoms with van der Waals surface area (Å²) in [4.78, 5) is 11.2. The number of hydrogen-bond donors (Lipinski definition) is 2. The van der Waals surface area contributed by atoms with Gasteiger partial charge in [-0.3, -0.25) is 0 Å². The van der Waals surface area contributed by atoms with Crippen molar-refractivity contribution in [2.45, 2.75) is 25.9 Å². The summed E-state index contributed by atoms with van der Waals surface area (Å²) in [7, 11) is 0. The van der Waals surface area contributed by atoms with Crippen LogP contribution in [0, 0.1) is 5.92 Å². The Kier molecular flexibility index (Phi) is 3.57. The van der Waals surface area contributed by atoms with Gasteiger partial charge < -0.3 is 15.8 Å². The molecule has 1 fully saturated rings. The first-order valence-electron chi connectivity index (χ1n) is 6.32. The van der Waals surface area contributed by atoms with Crippen molar-refractivity contribution < 1.29 is 9.53 Å². The summed E-state index contributed by atoms with van der Waals surface area (Å²) in [6.45, 7) is 5.11. The second-order valence-electron chi connectivity index (χ2n) is 5.24. The predicted octanol–water partition coefficient (Wildman–Crippen LogP) is 1.78. The van der Waals surface area contributed by atoms with Crippen molar-refractivity contribution in [3.05, 3.63) is 35.4 Å². The molecular weight excluding hydrogens is 228 g/mol. The van der Waals surface area contributed by atoms with E-state index in [1.807, 2.05) is 12.1 Å². The molecule has 18 heavy (non-hydrogen) atoms. The van der Waals surface area contributed by atoms with Crippen molar-refractivity contribution in [1.29, 1.82) is 0 Å². The van der Waals surface area contributed by atoms with Crippen LogP contribution in [0.15, 0.2) is 24.3 Å². The van der Waals surface area contributed by atoms with Gasteiger partial charge in [-0.05, 0) is 23.5 Å². The van der Waals surface area contributed by atoms with Crippen molar-refractivity contribution in [2.75, 3.05) is 13.1 Å². The van der Waals surface area contributed by atoms with Gasteiger partial charge in [0.05, 0.1) is 6.54 Å². The van der Waals surface area contributed by atoms with Crippen molar-refractivity contribution in [3.8, 4) is 0 Å². The Hall–Kier alpha value is -1.55. The van der Waals surface area contributed by atoms with Crippen LogP contribution in [0.25, 0.3) is 0 Å². The van der Waals surface area contributed by atoms with Gasteiger partial charge in [0.2, 0.25) is 0 Å². The van der Waals surface area contributed by atoms with E-state index in [9.17, 15) is 4.79 Å². The molecule has 0 spiro atoms.